The number of aliphatic hydroxyl groups excluding tert-OH is 5. The summed E-state index contributed by atoms with van der Waals surface area (Å²) in [7, 11) is 0. The maximum atomic E-state index is 10.0. The number of carboxylic acid groups (broad SMARTS) is 1. The molecule has 0 aliphatic carbocycles. The summed E-state index contributed by atoms with van der Waals surface area (Å²) in [5.74, 6) is -0.670. The molecule has 0 rings (SSSR count). The van der Waals surface area contributed by atoms with Crippen LogP contribution in [0, 0.1) is 0 Å². The molecule has 0 spiro atoms. The van der Waals surface area contributed by atoms with Crippen LogP contribution in [0.3, 0.4) is 0 Å². The molecule has 0 saturated heterocycles. The van der Waals surface area contributed by atoms with E-state index in [0.717, 1.165) is 12.8 Å². The number of aliphatic hydroxyl groups is 5. The van der Waals surface area contributed by atoms with E-state index in [9.17, 15) is 4.79 Å². The number of aliphatic carboxylic acids is 1. The summed E-state index contributed by atoms with van der Waals surface area (Å²) in [5, 5.41) is 47.5. The molecule has 0 heterocycles. The molecule has 20 heavy (non-hydrogen) atoms. The van der Waals surface area contributed by atoms with Crippen LogP contribution in [-0.4, -0.2) is 69.1 Å². The first-order valence-electron chi connectivity index (χ1n) is 6.83. The second kappa shape index (κ2) is 23.4. The van der Waals surface area contributed by atoms with E-state index in [1.165, 1.54) is 19.3 Å². The van der Waals surface area contributed by atoms with E-state index in [4.69, 9.17) is 30.6 Å². The maximum Gasteiger partial charge on any atom is 0.303 e. The van der Waals surface area contributed by atoms with E-state index >= 15 is 0 Å². The van der Waals surface area contributed by atoms with Gasteiger partial charge in [-0.15, -0.1) is 0 Å². The Balaban J connectivity index is -0.000000246. The zero-order valence-electron chi connectivity index (χ0n) is 12.2. The zero-order chi connectivity index (χ0) is 16.2. The molecule has 7 nitrogen and oxygen atoms in total. The summed E-state index contributed by atoms with van der Waals surface area (Å²) in [6.07, 6.45) is 4.93. The second-order valence-electron chi connectivity index (χ2n) is 4.02. The number of hydrogen-bond acceptors (Lipinski definition) is 6. The van der Waals surface area contributed by atoms with Gasteiger partial charge in [0, 0.05) is 6.42 Å². The van der Waals surface area contributed by atoms with Crippen LogP contribution in [0.15, 0.2) is 0 Å². The highest BCUT2D eigenvalue weighted by Crippen LogP contribution is 2.04. The molecule has 0 amide bonds. The van der Waals surface area contributed by atoms with Gasteiger partial charge in [-0.2, -0.15) is 0 Å². The number of rotatable bonds is 9. The first kappa shape index (κ1) is 24.3. The van der Waals surface area contributed by atoms with Crippen molar-refractivity contribution < 1.29 is 35.4 Å². The van der Waals surface area contributed by atoms with Crippen molar-refractivity contribution in [2.24, 2.45) is 0 Å². The summed E-state index contributed by atoms with van der Waals surface area (Å²) in [4.78, 5) is 10.0. The third-order valence-electron chi connectivity index (χ3n) is 2.02. The molecule has 0 aliphatic heterocycles. The maximum absolute atomic E-state index is 10.0. The van der Waals surface area contributed by atoms with Crippen LogP contribution in [0.1, 0.15) is 45.4 Å². The molecule has 0 aromatic rings. The average Bonchev–Trinajstić information content (AvgIpc) is 2.46. The summed E-state index contributed by atoms with van der Waals surface area (Å²) in [6, 6.07) is 0. The molecule has 0 unspecified atom stereocenters. The summed E-state index contributed by atoms with van der Waals surface area (Å²) >= 11 is 0. The molecule has 0 fully saturated rings. The summed E-state index contributed by atoms with van der Waals surface area (Å²) in [5.41, 5.74) is 0. The summed E-state index contributed by atoms with van der Waals surface area (Å²) in [6.45, 7) is 1.17. The monoisotopic (exact) mass is 298 g/mol. The van der Waals surface area contributed by atoms with Crippen molar-refractivity contribution in [2.45, 2.75) is 51.6 Å². The minimum Gasteiger partial charge on any atom is -0.481 e. The lowest BCUT2D eigenvalue weighted by molar-refractivity contribution is -0.137. The first-order chi connectivity index (χ1) is 9.49. The molecule has 7 heteroatoms. The highest BCUT2D eigenvalue weighted by molar-refractivity contribution is 5.66. The smallest absolute Gasteiger partial charge is 0.303 e. The van der Waals surface area contributed by atoms with Gasteiger partial charge in [-0.1, -0.05) is 32.6 Å². The van der Waals surface area contributed by atoms with Gasteiger partial charge in [0.2, 0.25) is 0 Å². The molecular formula is C13H30O7. The van der Waals surface area contributed by atoms with Gasteiger partial charge in [-0.05, 0) is 6.42 Å². The highest BCUT2D eigenvalue weighted by atomic mass is 16.4. The van der Waals surface area contributed by atoms with Gasteiger partial charge in [0.25, 0.3) is 0 Å². The van der Waals surface area contributed by atoms with Crippen molar-refractivity contribution >= 4 is 5.97 Å². The fourth-order valence-electron chi connectivity index (χ4n) is 0.938. The van der Waals surface area contributed by atoms with Crippen LogP contribution >= 0.6 is 0 Å². The molecule has 0 radical (unpaired) electrons. The molecule has 0 aliphatic rings. The SMILES string of the molecule is CCCCCCCC(=O)O.OCC(O)CO.OCCO. The normalized spacial score (nSPS) is 9.35. The Labute approximate surface area is 120 Å². The Morgan fingerprint density at radius 3 is 1.60 bits per heavy atom. The molecule has 124 valence electrons. The standard InChI is InChI=1S/C8H16O2.C3H8O3.C2H6O2/c1-2-3-4-5-6-7-8(9)10;4-1-3(6)2-5;3-1-2-4/h2-7H2,1H3,(H,9,10);3-6H,1-2H2;3-4H,1-2H2. The van der Waals surface area contributed by atoms with Crippen molar-refractivity contribution in [2.75, 3.05) is 26.4 Å². The third-order valence-corrected chi connectivity index (χ3v) is 2.02. The lowest BCUT2D eigenvalue weighted by atomic mass is 10.1. The minimum atomic E-state index is -0.954. The first-order valence-corrected chi connectivity index (χ1v) is 6.83. The lowest BCUT2D eigenvalue weighted by Crippen LogP contribution is -2.15. The van der Waals surface area contributed by atoms with Crippen molar-refractivity contribution in [1.29, 1.82) is 0 Å². The van der Waals surface area contributed by atoms with Crippen LogP contribution in [0.2, 0.25) is 0 Å². The van der Waals surface area contributed by atoms with Crippen LogP contribution in [-0.2, 0) is 4.79 Å². The Hall–Kier alpha value is -0.730. The van der Waals surface area contributed by atoms with E-state index in [2.05, 4.69) is 6.92 Å². The van der Waals surface area contributed by atoms with Crippen LogP contribution in [0.5, 0.6) is 0 Å². The fourth-order valence-corrected chi connectivity index (χ4v) is 0.938. The lowest BCUT2D eigenvalue weighted by Gasteiger charge is -1.96. The third kappa shape index (κ3) is 36.0. The minimum absolute atomic E-state index is 0.125. The van der Waals surface area contributed by atoms with Gasteiger partial charge < -0.3 is 30.6 Å². The molecule has 0 atom stereocenters. The van der Waals surface area contributed by atoms with Crippen molar-refractivity contribution in [1.82, 2.24) is 0 Å². The Bertz CT molecular complexity index is 170. The number of carbonyl (C=O) groups is 1. The van der Waals surface area contributed by atoms with Crippen LogP contribution < -0.4 is 0 Å². The quantitative estimate of drug-likeness (QED) is 0.322. The molecule has 6 N–H and O–H groups in total. The van der Waals surface area contributed by atoms with Crippen molar-refractivity contribution in [3.63, 3.8) is 0 Å². The van der Waals surface area contributed by atoms with E-state index in [1.807, 2.05) is 0 Å². The predicted molar refractivity (Wildman–Crippen MR) is 75.4 cm³/mol. The van der Waals surface area contributed by atoms with Gasteiger partial charge in [0.1, 0.15) is 6.10 Å². The van der Waals surface area contributed by atoms with E-state index in [-0.39, 0.29) is 26.4 Å². The van der Waals surface area contributed by atoms with Crippen molar-refractivity contribution in [3.05, 3.63) is 0 Å². The molecule has 0 saturated carbocycles. The molecule has 0 aromatic carbocycles. The topological polar surface area (TPSA) is 138 Å². The zero-order valence-corrected chi connectivity index (χ0v) is 12.2. The second-order valence-corrected chi connectivity index (χ2v) is 4.02. The van der Waals surface area contributed by atoms with Crippen LogP contribution in [0.25, 0.3) is 0 Å². The van der Waals surface area contributed by atoms with Crippen molar-refractivity contribution in [3.8, 4) is 0 Å². The van der Waals surface area contributed by atoms with E-state index < -0.39 is 12.1 Å². The number of carboxylic acids is 1. The number of unbranched alkanes of at least 4 members (excludes halogenated alkanes) is 4. The average molecular weight is 298 g/mol. The molecule has 0 aromatic heterocycles. The number of hydrogen-bond donors (Lipinski definition) is 6. The largest absolute Gasteiger partial charge is 0.481 e. The van der Waals surface area contributed by atoms with Gasteiger partial charge in [-0.3, -0.25) is 4.79 Å². The van der Waals surface area contributed by atoms with Gasteiger partial charge in [0.05, 0.1) is 26.4 Å². The fraction of sp³-hybridized carbons (Fsp3) is 0.923. The van der Waals surface area contributed by atoms with Gasteiger partial charge in [0.15, 0.2) is 0 Å². The van der Waals surface area contributed by atoms with E-state index in [1.54, 1.807) is 0 Å². The van der Waals surface area contributed by atoms with Crippen LogP contribution in [0.4, 0.5) is 0 Å². The highest BCUT2D eigenvalue weighted by Gasteiger charge is 1.95. The summed E-state index contributed by atoms with van der Waals surface area (Å²) < 4.78 is 0. The molecular weight excluding hydrogens is 268 g/mol. The van der Waals surface area contributed by atoms with Gasteiger partial charge in [-0.25, -0.2) is 0 Å². The molecule has 0 bridgehead atoms. The van der Waals surface area contributed by atoms with Gasteiger partial charge >= 0.3 is 5.97 Å². The van der Waals surface area contributed by atoms with E-state index in [0.29, 0.717) is 6.42 Å². The Morgan fingerprint density at radius 1 is 0.900 bits per heavy atom. The predicted octanol–water partition coefficient (Wildman–Crippen LogP) is -0.266. The Kier molecular flexibility index (Phi) is 28.4. The Morgan fingerprint density at radius 2 is 1.35 bits per heavy atom.